The topological polar surface area (TPSA) is 62.7 Å². The van der Waals surface area contributed by atoms with Crippen molar-refractivity contribution in [1.29, 1.82) is 0 Å². The van der Waals surface area contributed by atoms with Gasteiger partial charge in [-0.25, -0.2) is 0 Å². The number of nitrogens with zero attached hydrogens (tertiary/aromatic N) is 3. The first-order valence-electron chi connectivity index (χ1n) is 6.35. The number of rotatable bonds is 4. The average molecular weight is 320 g/mol. The Labute approximate surface area is 124 Å². The monoisotopic (exact) mass is 319 g/mol. The molecule has 2 heterocycles. The third-order valence-electron chi connectivity index (χ3n) is 3.22. The lowest BCUT2D eigenvalue weighted by molar-refractivity contribution is 0.133. The second-order valence-electron chi connectivity index (χ2n) is 4.81. The molecule has 0 spiro atoms. The van der Waals surface area contributed by atoms with E-state index in [1.54, 1.807) is 12.3 Å². The summed E-state index contributed by atoms with van der Waals surface area (Å²) in [7, 11) is -0.257. The maximum Gasteiger partial charge on any atom is 0.281 e. The van der Waals surface area contributed by atoms with Gasteiger partial charge < -0.3 is 4.74 Å². The van der Waals surface area contributed by atoms with Gasteiger partial charge in [0.2, 0.25) is 0 Å². The van der Waals surface area contributed by atoms with Gasteiger partial charge in [-0.05, 0) is 12.8 Å². The van der Waals surface area contributed by atoms with Crippen LogP contribution in [0.3, 0.4) is 0 Å². The minimum atomic E-state index is -3.33. The van der Waals surface area contributed by atoms with Gasteiger partial charge in [0, 0.05) is 45.6 Å². The van der Waals surface area contributed by atoms with Gasteiger partial charge in [0.15, 0.2) is 0 Å². The Morgan fingerprint density at radius 2 is 2.05 bits per heavy atom. The van der Waals surface area contributed by atoms with Crippen molar-refractivity contribution in [2.24, 2.45) is 0 Å². The summed E-state index contributed by atoms with van der Waals surface area (Å²) in [5.41, 5.74) is 0. The van der Waals surface area contributed by atoms with Crippen LogP contribution < -0.4 is 4.74 Å². The summed E-state index contributed by atoms with van der Waals surface area (Å²) in [5.74, 6) is 0.593. The zero-order valence-corrected chi connectivity index (χ0v) is 13.1. The average Bonchev–Trinajstić information content (AvgIpc) is 2.42. The molecule has 0 bridgehead atoms. The summed E-state index contributed by atoms with van der Waals surface area (Å²) in [5, 5.41) is 0.468. The molecule has 8 heteroatoms. The third-order valence-corrected chi connectivity index (χ3v) is 5.44. The van der Waals surface area contributed by atoms with Crippen LogP contribution in [-0.4, -0.2) is 55.3 Å². The molecule has 0 radical (unpaired) electrons. The Bertz CT molecular complexity index is 557. The van der Waals surface area contributed by atoms with Gasteiger partial charge >= 0.3 is 0 Å². The summed E-state index contributed by atoms with van der Waals surface area (Å²) in [4.78, 5) is 3.90. The summed E-state index contributed by atoms with van der Waals surface area (Å²) >= 11 is 5.99. The van der Waals surface area contributed by atoms with Crippen molar-refractivity contribution < 1.29 is 13.2 Å². The highest BCUT2D eigenvalue weighted by atomic mass is 35.5. The highest BCUT2D eigenvalue weighted by Gasteiger charge is 2.30. The predicted octanol–water partition coefficient (Wildman–Crippen LogP) is 1.38. The van der Waals surface area contributed by atoms with Crippen molar-refractivity contribution in [2.45, 2.75) is 18.9 Å². The molecular weight excluding hydrogens is 302 g/mol. The standard InChI is InChI=1S/C12H18ClN3O3S/c1-15(2)20(17,18)16-7-4-10(5-8-16)19-12-3-6-14-9-11(12)13/h3,6,9-10H,4-5,7-8H2,1-2H3. The predicted molar refractivity (Wildman–Crippen MR) is 77.1 cm³/mol. The molecule has 0 saturated carbocycles. The fourth-order valence-electron chi connectivity index (χ4n) is 2.05. The number of hydrogen-bond donors (Lipinski definition) is 0. The molecule has 0 aliphatic carbocycles. The quantitative estimate of drug-likeness (QED) is 0.841. The molecule has 0 amide bonds. The maximum atomic E-state index is 12.0. The Kier molecular flexibility index (Phi) is 4.85. The fraction of sp³-hybridized carbons (Fsp3) is 0.583. The smallest absolute Gasteiger partial charge is 0.281 e. The van der Waals surface area contributed by atoms with Crippen LogP contribution >= 0.6 is 11.6 Å². The second-order valence-corrected chi connectivity index (χ2v) is 7.36. The van der Waals surface area contributed by atoms with Gasteiger partial charge in [-0.2, -0.15) is 17.0 Å². The van der Waals surface area contributed by atoms with Gasteiger partial charge in [-0.1, -0.05) is 11.6 Å². The van der Waals surface area contributed by atoms with Crippen molar-refractivity contribution in [3.63, 3.8) is 0 Å². The first kappa shape index (κ1) is 15.5. The lowest BCUT2D eigenvalue weighted by Gasteiger charge is -2.32. The van der Waals surface area contributed by atoms with E-state index in [0.29, 0.717) is 36.7 Å². The molecule has 1 aromatic heterocycles. The van der Waals surface area contributed by atoms with Crippen molar-refractivity contribution in [3.8, 4) is 5.75 Å². The van der Waals surface area contributed by atoms with Crippen LogP contribution in [-0.2, 0) is 10.2 Å². The molecule has 1 aromatic rings. The normalized spacial score (nSPS) is 18.4. The molecule has 1 aliphatic heterocycles. The number of aromatic nitrogens is 1. The number of piperidine rings is 1. The van der Waals surface area contributed by atoms with Crippen molar-refractivity contribution >= 4 is 21.8 Å². The van der Waals surface area contributed by atoms with Crippen LogP contribution in [0, 0.1) is 0 Å². The van der Waals surface area contributed by atoms with Crippen molar-refractivity contribution in [3.05, 3.63) is 23.5 Å². The van der Waals surface area contributed by atoms with E-state index in [-0.39, 0.29) is 6.10 Å². The summed E-state index contributed by atoms with van der Waals surface area (Å²) in [6.45, 7) is 0.905. The van der Waals surface area contributed by atoms with E-state index in [0.717, 1.165) is 0 Å². The number of pyridine rings is 1. The Morgan fingerprint density at radius 1 is 1.40 bits per heavy atom. The van der Waals surface area contributed by atoms with Gasteiger partial charge in [-0.3, -0.25) is 4.98 Å². The second kappa shape index (κ2) is 6.26. The van der Waals surface area contributed by atoms with E-state index in [1.165, 1.54) is 28.9 Å². The van der Waals surface area contributed by atoms with E-state index >= 15 is 0 Å². The maximum absolute atomic E-state index is 12.0. The van der Waals surface area contributed by atoms with E-state index in [4.69, 9.17) is 16.3 Å². The lowest BCUT2D eigenvalue weighted by Crippen LogP contribution is -2.46. The largest absolute Gasteiger partial charge is 0.489 e. The molecule has 0 unspecified atom stereocenters. The van der Waals surface area contributed by atoms with Crippen LogP contribution in [0.25, 0.3) is 0 Å². The van der Waals surface area contributed by atoms with Crippen LogP contribution in [0.15, 0.2) is 18.5 Å². The molecule has 1 aliphatic rings. The minimum Gasteiger partial charge on any atom is -0.489 e. The van der Waals surface area contributed by atoms with E-state index in [9.17, 15) is 8.42 Å². The molecule has 6 nitrogen and oxygen atoms in total. The Morgan fingerprint density at radius 3 is 2.60 bits per heavy atom. The molecule has 0 aromatic carbocycles. The molecular formula is C12H18ClN3O3S. The highest BCUT2D eigenvalue weighted by Crippen LogP contribution is 2.26. The number of halogens is 1. The Balaban J connectivity index is 1.94. The number of ether oxygens (including phenoxy) is 1. The molecule has 1 saturated heterocycles. The van der Waals surface area contributed by atoms with Gasteiger partial charge in [0.25, 0.3) is 10.2 Å². The SMILES string of the molecule is CN(C)S(=O)(=O)N1CCC(Oc2ccncc2Cl)CC1. The zero-order valence-electron chi connectivity index (χ0n) is 11.5. The molecule has 112 valence electrons. The van der Waals surface area contributed by atoms with Crippen LogP contribution in [0.2, 0.25) is 5.02 Å². The minimum absolute atomic E-state index is 0.0245. The molecule has 0 N–H and O–H groups in total. The highest BCUT2D eigenvalue weighted by molar-refractivity contribution is 7.86. The molecule has 20 heavy (non-hydrogen) atoms. The first-order chi connectivity index (χ1) is 9.41. The van der Waals surface area contributed by atoms with Gasteiger partial charge in [0.1, 0.15) is 16.9 Å². The summed E-state index contributed by atoms with van der Waals surface area (Å²) < 4.78 is 32.5. The zero-order chi connectivity index (χ0) is 14.8. The first-order valence-corrected chi connectivity index (χ1v) is 8.12. The van der Waals surface area contributed by atoms with Crippen molar-refractivity contribution in [1.82, 2.24) is 13.6 Å². The van der Waals surface area contributed by atoms with Crippen molar-refractivity contribution in [2.75, 3.05) is 27.2 Å². The number of hydrogen-bond acceptors (Lipinski definition) is 4. The van der Waals surface area contributed by atoms with E-state index in [1.807, 2.05) is 0 Å². The molecule has 2 rings (SSSR count). The molecule has 0 atom stereocenters. The lowest BCUT2D eigenvalue weighted by atomic mass is 10.1. The summed E-state index contributed by atoms with van der Waals surface area (Å²) in [6.07, 6.45) is 4.41. The fourth-order valence-corrected chi connectivity index (χ4v) is 3.35. The third kappa shape index (κ3) is 3.41. The van der Waals surface area contributed by atoms with Gasteiger partial charge in [-0.15, -0.1) is 0 Å². The van der Waals surface area contributed by atoms with E-state index < -0.39 is 10.2 Å². The Hall–Kier alpha value is -0.890. The van der Waals surface area contributed by atoms with Gasteiger partial charge in [0.05, 0.1) is 0 Å². The van der Waals surface area contributed by atoms with Crippen LogP contribution in [0.1, 0.15) is 12.8 Å². The van der Waals surface area contributed by atoms with E-state index in [2.05, 4.69) is 4.98 Å². The summed E-state index contributed by atoms with van der Waals surface area (Å²) in [6, 6.07) is 1.71. The van der Waals surface area contributed by atoms with Crippen LogP contribution in [0.5, 0.6) is 5.75 Å². The van der Waals surface area contributed by atoms with Crippen LogP contribution in [0.4, 0.5) is 0 Å². The molecule has 1 fully saturated rings.